The van der Waals surface area contributed by atoms with Crippen LogP contribution >= 0.6 is 0 Å². The quantitative estimate of drug-likeness (QED) is 0.305. The second-order valence-electron chi connectivity index (χ2n) is 15.5. The number of aliphatic hydroxyl groups is 1. The molecule has 0 spiro atoms. The molecule has 3 fully saturated rings. The highest BCUT2D eigenvalue weighted by molar-refractivity contribution is 6.62. The van der Waals surface area contributed by atoms with Gasteiger partial charge in [0.1, 0.15) is 0 Å². The molecule has 238 valence electrons. The second kappa shape index (κ2) is 11.4. The van der Waals surface area contributed by atoms with Crippen LogP contribution in [0.1, 0.15) is 92.3 Å². The third-order valence-electron chi connectivity index (χ3n) is 10.6. The summed E-state index contributed by atoms with van der Waals surface area (Å²) in [6.07, 6.45) is 5.56. The average molecular weight is 601 g/mol. The number of piperazine rings is 1. The van der Waals surface area contributed by atoms with Gasteiger partial charge in [0.2, 0.25) is 0 Å². The fraction of sp³-hybridized carbons (Fsp3) is 0.639. The van der Waals surface area contributed by atoms with Gasteiger partial charge in [-0.05, 0) is 88.4 Å². The molecule has 2 aromatic heterocycles. The molecule has 7 nitrogen and oxygen atoms in total. The van der Waals surface area contributed by atoms with Crippen LogP contribution in [-0.2, 0) is 22.3 Å². The number of rotatable bonds is 9. The smallest absolute Gasteiger partial charge is 0.399 e. The molecule has 3 aromatic rings. The van der Waals surface area contributed by atoms with Crippen molar-refractivity contribution in [3.8, 4) is 11.3 Å². The molecule has 4 heterocycles. The maximum atomic E-state index is 10.4. The summed E-state index contributed by atoms with van der Waals surface area (Å²) < 4.78 is 15.4. The van der Waals surface area contributed by atoms with Crippen LogP contribution < -0.4 is 10.4 Å². The van der Waals surface area contributed by atoms with Gasteiger partial charge in [0.15, 0.2) is 0 Å². The van der Waals surface area contributed by atoms with Gasteiger partial charge in [-0.1, -0.05) is 39.8 Å². The highest BCUT2D eigenvalue weighted by Gasteiger charge is 2.51. The van der Waals surface area contributed by atoms with Crippen molar-refractivity contribution in [1.82, 2.24) is 14.5 Å². The molecule has 2 saturated heterocycles. The van der Waals surface area contributed by atoms with Gasteiger partial charge >= 0.3 is 7.12 Å². The Morgan fingerprint density at radius 3 is 2.25 bits per heavy atom. The third kappa shape index (κ3) is 5.72. The number of hydrogen-bond acceptors (Lipinski definition) is 6. The monoisotopic (exact) mass is 600 g/mol. The molecule has 3 aliphatic rings. The molecule has 1 N–H and O–H groups in total. The zero-order chi connectivity index (χ0) is 31.6. The summed E-state index contributed by atoms with van der Waals surface area (Å²) in [4.78, 5) is 10.3. The Balaban J connectivity index is 1.50. The van der Waals surface area contributed by atoms with Gasteiger partial charge in [-0.3, -0.25) is 9.88 Å². The maximum absolute atomic E-state index is 10.4. The van der Waals surface area contributed by atoms with Crippen molar-refractivity contribution in [1.29, 1.82) is 0 Å². The lowest BCUT2D eigenvalue weighted by atomic mass is 9.77. The van der Waals surface area contributed by atoms with Crippen LogP contribution in [-0.4, -0.2) is 76.7 Å². The van der Waals surface area contributed by atoms with Crippen molar-refractivity contribution in [2.75, 3.05) is 37.7 Å². The Labute approximate surface area is 265 Å². The van der Waals surface area contributed by atoms with E-state index >= 15 is 0 Å². The van der Waals surface area contributed by atoms with E-state index in [2.05, 4.69) is 107 Å². The fourth-order valence-electron chi connectivity index (χ4n) is 6.99. The van der Waals surface area contributed by atoms with Crippen molar-refractivity contribution >= 4 is 29.2 Å². The Morgan fingerprint density at radius 1 is 1.02 bits per heavy atom. The molecule has 0 radical (unpaired) electrons. The van der Waals surface area contributed by atoms with E-state index in [9.17, 15) is 5.11 Å². The van der Waals surface area contributed by atoms with Crippen molar-refractivity contribution in [2.45, 2.75) is 111 Å². The van der Waals surface area contributed by atoms with Gasteiger partial charge in [0, 0.05) is 61.8 Å². The van der Waals surface area contributed by atoms with Crippen molar-refractivity contribution < 1.29 is 14.4 Å². The van der Waals surface area contributed by atoms with Gasteiger partial charge in [-0.2, -0.15) is 0 Å². The average Bonchev–Trinajstić information content (AvgIpc) is 3.75. The summed E-state index contributed by atoms with van der Waals surface area (Å²) in [5.41, 5.74) is 7.16. The van der Waals surface area contributed by atoms with Gasteiger partial charge < -0.3 is 23.9 Å². The maximum Gasteiger partial charge on any atom is 0.494 e. The number of hydrogen-bond donors (Lipinski definition) is 1. The molecule has 2 aliphatic heterocycles. The molecule has 1 saturated carbocycles. The third-order valence-corrected chi connectivity index (χ3v) is 10.6. The van der Waals surface area contributed by atoms with Gasteiger partial charge in [0.25, 0.3) is 0 Å². The van der Waals surface area contributed by atoms with E-state index in [1.807, 2.05) is 0 Å². The number of pyridine rings is 1. The highest BCUT2D eigenvalue weighted by atomic mass is 16.7. The van der Waals surface area contributed by atoms with E-state index in [4.69, 9.17) is 14.3 Å². The minimum Gasteiger partial charge on any atom is -0.399 e. The first-order chi connectivity index (χ1) is 20.7. The topological polar surface area (TPSA) is 63.0 Å². The molecule has 0 atom stereocenters. The standard InChI is InChI=1S/C36H53BN4O3/c1-10-41-31-14-11-25(37-43-35(6,7)36(8,9)44-37)19-28(31)30(21-34(4,5)23-42)33(41)29-20-27(22-38-32(29)24(2)3)40-17-15-39(16-18-40)26-12-13-26/h11,14,19-20,22,24,26,42H,10,12-13,15-18,21,23H2,1-9H3. The minimum absolute atomic E-state index is 0.114. The summed E-state index contributed by atoms with van der Waals surface area (Å²) in [5, 5.41) is 11.7. The van der Waals surface area contributed by atoms with Crippen LogP contribution in [0.25, 0.3) is 22.2 Å². The number of anilines is 1. The lowest BCUT2D eigenvalue weighted by molar-refractivity contribution is 0.00578. The highest BCUT2D eigenvalue weighted by Crippen LogP contribution is 2.42. The first-order valence-corrected chi connectivity index (χ1v) is 16.9. The first kappa shape index (κ1) is 31.6. The van der Waals surface area contributed by atoms with E-state index in [0.29, 0.717) is 0 Å². The largest absolute Gasteiger partial charge is 0.494 e. The number of aryl methyl sites for hydroxylation is 1. The Bertz CT molecular complexity index is 1500. The lowest BCUT2D eigenvalue weighted by Gasteiger charge is -2.36. The summed E-state index contributed by atoms with van der Waals surface area (Å²) in [6.45, 7) is 24.7. The summed E-state index contributed by atoms with van der Waals surface area (Å²) in [6, 6.07) is 9.90. The predicted octanol–water partition coefficient (Wildman–Crippen LogP) is 5.99. The van der Waals surface area contributed by atoms with Crippen LogP contribution in [0, 0.1) is 5.41 Å². The first-order valence-electron chi connectivity index (χ1n) is 16.9. The summed E-state index contributed by atoms with van der Waals surface area (Å²) in [7, 11) is -0.429. The minimum atomic E-state index is -0.429. The van der Waals surface area contributed by atoms with Crippen molar-refractivity contribution in [3.05, 3.63) is 41.7 Å². The van der Waals surface area contributed by atoms with Gasteiger partial charge in [-0.15, -0.1) is 0 Å². The Hall–Kier alpha value is -2.39. The Kier molecular flexibility index (Phi) is 8.22. The summed E-state index contributed by atoms with van der Waals surface area (Å²) >= 11 is 0. The number of aromatic nitrogens is 2. The summed E-state index contributed by atoms with van der Waals surface area (Å²) in [5.74, 6) is 0.271. The van der Waals surface area contributed by atoms with Crippen LogP contribution in [0.15, 0.2) is 30.5 Å². The number of aliphatic hydroxyl groups excluding tert-OH is 1. The molecule has 8 heteroatoms. The van der Waals surface area contributed by atoms with Crippen LogP contribution in [0.4, 0.5) is 5.69 Å². The molecule has 6 rings (SSSR count). The fourth-order valence-corrected chi connectivity index (χ4v) is 6.99. The zero-order valence-electron chi connectivity index (χ0n) is 28.5. The molecule has 0 bridgehead atoms. The van der Waals surface area contributed by atoms with E-state index in [-0.39, 0.29) is 17.9 Å². The van der Waals surface area contributed by atoms with Crippen molar-refractivity contribution in [3.63, 3.8) is 0 Å². The molecule has 44 heavy (non-hydrogen) atoms. The second-order valence-corrected chi connectivity index (χ2v) is 15.5. The van der Waals surface area contributed by atoms with Gasteiger partial charge in [0.05, 0.1) is 34.5 Å². The Morgan fingerprint density at radius 2 is 1.68 bits per heavy atom. The predicted molar refractivity (Wildman–Crippen MR) is 182 cm³/mol. The molecule has 1 aliphatic carbocycles. The van der Waals surface area contributed by atoms with Crippen LogP contribution in [0.5, 0.6) is 0 Å². The molecule has 1 aromatic carbocycles. The van der Waals surface area contributed by atoms with Crippen LogP contribution in [0.2, 0.25) is 0 Å². The molecule has 0 amide bonds. The lowest BCUT2D eigenvalue weighted by Crippen LogP contribution is -2.47. The van der Waals surface area contributed by atoms with E-state index in [1.165, 1.54) is 46.3 Å². The van der Waals surface area contributed by atoms with Gasteiger partial charge in [-0.25, -0.2) is 0 Å². The molecular formula is C36H53BN4O3. The molecule has 0 unspecified atom stereocenters. The SMILES string of the molecule is CCn1c(-c2cc(N3CCN(C4CC4)CC3)cnc2C(C)C)c(CC(C)(C)CO)c2cc(B3OC(C)(C)C(C)(C)O3)ccc21. The molecular weight excluding hydrogens is 547 g/mol. The number of fused-ring (bicyclic) bond motifs is 1. The van der Waals surface area contributed by atoms with E-state index < -0.39 is 18.3 Å². The normalized spacial score (nSPS) is 20.8. The van der Waals surface area contributed by atoms with Crippen LogP contribution in [0.3, 0.4) is 0 Å². The van der Waals surface area contributed by atoms with E-state index in [1.54, 1.807) is 0 Å². The van der Waals surface area contributed by atoms with E-state index in [0.717, 1.165) is 56.3 Å². The number of nitrogens with zero attached hydrogens (tertiary/aromatic N) is 4. The van der Waals surface area contributed by atoms with Crippen molar-refractivity contribution in [2.24, 2.45) is 5.41 Å². The number of benzene rings is 1. The zero-order valence-corrected chi connectivity index (χ0v) is 28.5.